The first-order valence-corrected chi connectivity index (χ1v) is 8.17. The molecule has 3 amide bonds. The van der Waals surface area contributed by atoms with E-state index >= 15 is 0 Å². The van der Waals surface area contributed by atoms with Gasteiger partial charge < -0.3 is 26.2 Å². The minimum atomic E-state index is -0.952. The van der Waals surface area contributed by atoms with Crippen molar-refractivity contribution in [3.05, 3.63) is 0 Å². The van der Waals surface area contributed by atoms with Gasteiger partial charge >= 0.3 is 12.0 Å². The number of urea groups is 1. The minimum Gasteiger partial charge on any atom is -0.481 e. The predicted molar refractivity (Wildman–Crippen MR) is 83.9 cm³/mol. The predicted octanol–water partition coefficient (Wildman–Crippen LogP) is 0.208. The summed E-state index contributed by atoms with van der Waals surface area (Å²) in [7, 11) is 0. The summed E-state index contributed by atoms with van der Waals surface area (Å²) in [6.45, 7) is 0.944. The van der Waals surface area contributed by atoms with Gasteiger partial charge in [0.1, 0.15) is 0 Å². The van der Waals surface area contributed by atoms with Crippen LogP contribution in [0.25, 0.3) is 0 Å². The van der Waals surface area contributed by atoms with Crippen LogP contribution in [0.15, 0.2) is 0 Å². The van der Waals surface area contributed by atoms with Crippen LogP contribution in [-0.4, -0.2) is 53.9 Å². The lowest BCUT2D eigenvalue weighted by molar-refractivity contribution is -0.136. The zero-order valence-electron chi connectivity index (χ0n) is 13.3. The van der Waals surface area contributed by atoms with Crippen molar-refractivity contribution in [2.45, 2.75) is 51.0 Å². The number of hydrogen-bond acceptors (Lipinski definition) is 4. The van der Waals surface area contributed by atoms with E-state index < -0.39 is 5.97 Å². The highest BCUT2D eigenvalue weighted by atomic mass is 16.4. The van der Waals surface area contributed by atoms with Crippen LogP contribution in [0.2, 0.25) is 0 Å². The Morgan fingerprint density at radius 1 is 0.957 bits per heavy atom. The maximum Gasteiger partial charge on any atom is 0.314 e. The van der Waals surface area contributed by atoms with Crippen molar-refractivity contribution in [3.63, 3.8) is 0 Å². The van der Waals surface area contributed by atoms with Crippen molar-refractivity contribution in [2.75, 3.05) is 19.6 Å². The van der Waals surface area contributed by atoms with E-state index in [1.807, 2.05) is 0 Å². The monoisotopic (exact) mass is 329 g/mol. The summed E-state index contributed by atoms with van der Waals surface area (Å²) in [5.41, 5.74) is 0. The Hall–Kier alpha value is -1.83. The fraction of sp³-hybridized carbons (Fsp3) is 0.800. The molecule has 8 heteroatoms. The van der Waals surface area contributed by atoms with E-state index in [1.54, 1.807) is 0 Å². The smallest absolute Gasteiger partial charge is 0.314 e. The number of carboxylic acid groups (broad SMARTS) is 1. The zero-order chi connectivity index (χ0) is 17.1. The molecule has 1 aliphatic rings. The molecular formula is C15H27N3O5. The van der Waals surface area contributed by atoms with Gasteiger partial charge in [-0.15, -0.1) is 0 Å². The number of rotatable bonds is 9. The highest BCUT2D eigenvalue weighted by Gasteiger charge is 2.23. The molecule has 1 fully saturated rings. The van der Waals surface area contributed by atoms with Gasteiger partial charge in [-0.2, -0.15) is 0 Å². The van der Waals surface area contributed by atoms with Gasteiger partial charge in [0.2, 0.25) is 5.91 Å². The SMILES string of the molecule is O=C(O)CCNC(=O)CCCNC(=O)NC[C@H]1CCCC[C@@H]1O. The number of aliphatic hydroxyl groups is 1. The van der Waals surface area contributed by atoms with E-state index in [2.05, 4.69) is 16.0 Å². The number of aliphatic hydroxyl groups excluding tert-OH is 1. The largest absolute Gasteiger partial charge is 0.481 e. The zero-order valence-corrected chi connectivity index (χ0v) is 13.3. The van der Waals surface area contributed by atoms with Crippen LogP contribution in [0, 0.1) is 5.92 Å². The van der Waals surface area contributed by atoms with Crippen molar-refractivity contribution < 1.29 is 24.6 Å². The van der Waals surface area contributed by atoms with E-state index in [4.69, 9.17) is 5.11 Å². The maximum absolute atomic E-state index is 11.6. The maximum atomic E-state index is 11.6. The molecule has 5 N–H and O–H groups in total. The highest BCUT2D eigenvalue weighted by molar-refractivity contribution is 5.77. The summed E-state index contributed by atoms with van der Waals surface area (Å²) in [4.78, 5) is 33.3. The van der Waals surface area contributed by atoms with Gasteiger partial charge in [0.25, 0.3) is 0 Å². The van der Waals surface area contributed by atoms with Crippen LogP contribution >= 0.6 is 0 Å². The molecule has 0 radical (unpaired) electrons. The molecule has 0 aromatic carbocycles. The van der Waals surface area contributed by atoms with Crippen LogP contribution in [0.5, 0.6) is 0 Å². The standard InChI is InChI=1S/C15H27N3O5/c19-12-5-2-1-4-11(12)10-18-15(23)17-8-3-6-13(20)16-9-7-14(21)22/h11-12,19H,1-10H2,(H,16,20)(H,21,22)(H2,17,18,23)/t11-,12+/m1/s1. The molecule has 1 saturated carbocycles. The Labute approximate surface area is 136 Å². The Balaban J connectivity index is 2.01. The van der Waals surface area contributed by atoms with Gasteiger partial charge in [-0.25, -0.2) is 4.79 Å². The number of carbonyl (C=O) groups excluding carboxylic acids is 2. The molecular weight excluding hydrogens is 302 g/mol. The van der Waals surface area contributed by atoms with E-state index in [1.165, 1.54) is 0 Å². The Morgan fingerprint density at radius 2 is 1.70 bits per heavy atom. The third-order valence-electron chi connectivity index (χ3n) is 3.92. The van der Waals surface area contributed by atoms with Gasteiger partial charge in [-0.1, -0.05) is 12.8 Å². The first-order valence-electron chi connectivity index (χ1n) is 8.17. The average Bonchev–Trinajstić information content (AvgIpc) is 2.50. The molecule has 132 valence electrons. The summed E-state index contributed by atoms with van der Waals surface area (Å²) in [5.74, 6) is -1.06. The normalized spacial score (nSPS) is 20.6. The highest BCUT2D eigenvalue weighted by Crippen LogP contribution is 2.23. The Kier molecular flexibility index (Phi) is 9.04. The molecule has 0 spiro atoms. The van der Waals surface area contributed by atoms with E-state index in [-0.39, 0.29) is 43.3 Å². The third kappa shape index (κ3) is 9.02. The van der Waals surface area contributed by atoms with Gasteiger partial charge in [0.15, 0.2) is 0 Å². The molecule has 8 nitrogen and oxygen atoms in total. The molecule has 1 rings (SSSR count). The van der Waals surface area contributed by atoms with Crippen molar-refractivity contribution in [3.8, 4) is 0 Å². The van der Waals surface area contributed by atoms with Crippen molar-refractivity contribution in [1.29, 1.82) is 0 Å². The molecule has 0 heterocycles. The molecule has 23 heavy (non-hydrogen) atoms. The van der Waals surface area contributed by atoms with Gasteiger partial charge in [-0.3, -0.25) is 9.59 Å². The van der Waals surface area contributed by atoms with Crippen LogP contribution in [-0.2, 0) is 9.59 Å². The summed E-state index contributed by atoms with van der Waals surface area (Å²) in [6.07, 6.45) is 4.14. The molecule has 1 aliphatic carbocycles. The molecule has 0 bridgehead atoms. The van der Waals surface area contributed by atoms with Gasteiger partial charge in [-0.05, 0) is 19.3 Å². The number of nitrogens with one attached hydrogen (secondary N) is 3. The molecule has 2 atom stereocenters. The second-order valence-electron chi connectivity index (χ2n) is 5.85. The van der Waals surface area contributed by atoms with Gasteiger partial charge in [0.05, 0.1) is 12.5 Å². The lowest BCUT2D eigenvalue weighted by Crippen LogP contribution is -2.42. The second kappa shape index (κ2) is 10.8. The van der Waals surface area contributed by atoms with E-state index in [0.29, 0.717) is 19.5 Å². The van der Waals surface area contributed by atoms with E-state index in [0.717, 1.165) is 25.7 Å². The molecule has 0 saturated heterocycles. The van der Waals surface area contributed by atoms with Crippen LogP contribution in [0.4, 0.5) is 4.79 Å². The summed E-state index contributed by atoms with van der Waals surface area (Å²) in [6, 6.07) is -0.297. The van der Waals surface area contributed by atoms with E-state index in [9.17, 15) is 19.5 Å². The van der Waals surface area contributed by atoms with Crippen molar-refractivity contribution >= 4 is 17.9 Å². The summed E-state index contributed by atoms with van der Waals surface area (Å²) < 4.78 is 0. The minimum absolute atomic E-state index is 0.0978. The first kappa shape index (κ1) is 19.2. The first-order chi connectivity index (χ1) is 11.0. The van der Waals surface area contributed by atoms with Gasteiger partial charge in [0, 0.05) is 32.0 Å². The van der Waals surface area contributed by atoms with Crippen molar-refractivity contribution in [2.24, 2.45) is 5.92 Å². The summed E-state index contributed by atoms with van der Waals surface area (Å²) >= 11 is 0. The topological polar surface area (TPSA) is 128 Å². The number of carboxylic acids is 1. The molecule has 0 aromatic heterocycles. The lowest BCUT2D eigenvalue weighted by atomic mass is 9.86. The third-order valence-corrected chi connectivity index (χ3v) is 3.92. The van der Waals surface area contributed by atoms with Crippen molar-refractivity contribution in [1.82, 2.24) is 16.0 Å². The van der Waals surface area contributed by atoms with Crippen LogP contribution in [0.1, 0.15) is 44.9 Å². The number of aliphatic carboxylic acids is 1. The number of hydrogen-bond donors (Lipinski definition) is 5. The molecule has 0 aliphatic heterocycles. The Bertz CT molecular complexity index is 403. The quantitative estimate of drug-likeness (QED) is 0.386. The number of amides is 3. The molecule has 0 aromatic rings. The summed E-state index contributed by atoms with van der Waals surface area (Å²) in [5, 5.41) is 26.2. The Morgan fingerprint density at radius 3 is 2.39 bits per heavy atom. The molecule has 0 unspecified atom stereocenters. The number of carbonyl (C=O) groups is 3. The fourth-order valence-corrected chi connectivity index (χ4v) is 2.56. The lowest BCUT2D eigenvalue weighted by Gasteiger charge is -2.27. The van der Waals surface area contributed by atoms with Crippen LogP contribution < -0.4 is 16.0 Å². The fourth-order valence-electron chi connectivity index (χ4n) is 2.56. The average molecular weight is 329 g/mol. The second-order valence-corrected chi connectivity index (χ2v) is 5.85. The van der Waals surface area contributed by atoms with Crippen LogP contribution in [0.3, 0.4) is 0 Å².